The summed E-state index contributed by atoms with van der Waals surface area (Å²) in [6, 6.07) is 0. The fraction of sp³-hybridized carbons (Fsp3) is 0.833. The van der Waals surface area contributed by atoms with Crippen molar-refractivity contribution in [3.05, 3.63) is 0 Å². The van der Waals surface area contributed by atoms with Gasteiger partial charge in [0.2, 0.25) is 0 Å². The summed E-state index contributed by atoms with van der Waals surface area (Å²) in [7, 11) is -3.69. The van der Waals surface area contributed by atoms with Crippen LogP contribution in [0.15, 0.2) is 5.16 Å². The van der Waals surface area contributed by atoms with Crippen molar-refractivity contribution in [3.8, 4) is 0 Å². The molecule has 0 heterocycles. The first-order valence-electron chi connectivity index (χ1n) is 3.55. The van der Waals surface area contributed by atoms with E-state index in [9.17, 15) is 8.42 Å². The maximum Gasteiger partial charge on any atom is 0.264 e. The quantitative estimate of drug-likeness (QED) is 0.307. The van der Waals surface area contributed by atoms with Gasteiger partial charge in [-0.25, -0.2) is 0 Å². The number of nitrogens with zero attached hydrogens (tertiary/aromatic N) is 1. The van der Waals surface area contributed by atoms with E-state index in [0.717, 1.165) is 6.42 Å². The zero-order valence-corrected chi connectivity index (χ0v) is 8.08. The summed E-state index contributed by atoms with van der Waals surface area (Å²) in [6.07, 6.45) is 2.64. The minimum atomic E-state index is -3.69. The summed E-state index contributed by atoms with van der Waals surface area (Å²) in [5.74, 6) is -0.108. The third kappa shape index (κ3) is 22.8. The van der Waals surface area contributed by atoms with Crippen molar-refractivity contribution in [2.24, 2.45) is 5.16 Å². The van der Waals surface area contributed by atoms with Crippen molar-refractivity contribution in [2.45, 2.75) is 26.7 Å². The molecule has 0 amide bonds. The Bertz CT molecular complexity index is 194. The zero-order chi connectivity index (χ0) is 10.0. The number of unbranched alkanes of at least 4 members (excludes halogenated alkanes) is 1. The number of rotatable bonds is 3. The molecule has 0 aromatic heterocycles. The Balaban J connectivity index is 0. The fourth-order valence-corrected chi connectivity index (χ4v) is 0.980. The Kier molecular flexibility index (Phi) is 9.84. The van der Waals surface area contributed by atoms with Gasteiger partial charge in [-0.3, -0.25) is 4.55 Å². The van der Waals surface area contributed by atoms with E-state index >= 15 is 0 Å². The average molecular weight is 197 g/mol. The second kappa shape index (κ2) is 8.48. The molecule has 0 rings (SSSR count). The molecule has 0 aliphatic rings. The Morgan fingerprint density at radius 1 is 1.50 bits per heavy atom. The van der Waals surface area contributed by atoms with E-state index in [1.807, 2.05) is 6.92 Å². The van der Waals surface area contributed by atoms with Crippen LogP contribution in [-0.4, -0.2) is 30.1 Å². The molecule has 0 unspecified atom stereocenters. The van der Waals surface area contributed by atoms with Crippen molar-refractivity contribution in [2.75, 3.05) is 5.75 Å². The van der Waals surface area contributed by atoms with Gasteiger partial charge >= 0.3 is 0 Å². The van der Waals surface area contributed by atoms with Gasteiger partial charge in [-0.15, -0.1) is 5.16 Å². The lowest BCUT2D eigenvalue weighted by Gasteiger charge is -1.90. The van der Waals surface area contributed by atoms with E-state index in [1.165, 1.54) is 6.21 Å². The Morgan fingerprint density at radius 2 is 1.92 bits per heavy atom. The third-order valence-electron chi connectivity index (χ3n) is 0.871. The van der Waals surface area contributed by atoms with Crippen LogP contribution in [0.1, 0.15) is 26.7 Å². The first-order valence-corrected chi connectivity index (χ1v) is 5.16. The number of oxime groups is 1. The van der Waals surface area contributed by atoms with Crippen LogP contribution in [0.4, 0.5) is 0 Å². The first-order chi connectivity index (χ1) is 5.47. The summed E-state index contributed by atoms with van der Waals surface area (Å²) in [6.45, 7) is 3.51. The van der Waals surface area contributed by atoms with Gasteiger partial charge in [-0.2, -0.15) is 8.42 Å². The van der Waals surface area contributed by atoms with E-state index in [4.69, 9.17) is 9.76 Å². The van der Waals surface area contributed by atoms with E-state index in [-0.39, 0.29) is 5.75 Å². The molecule has 0 bridgehead atoms. The smallest absolute Gasteiger partial charge is 0.264 e. The largest absolute Gasteiger partial charge is 0.411 e. The molecule has 0 aromatic rings. The topological polar surface area (TPSA) is 87.0 Å². The van der Waals surface area contributed by atoms with E-state index in [0.29, 0.717) is 6.42 Å². The van der Waals surface area contributed by atoms with Crippen LogP contribution in [0.3, 0.4) is 0 Å². The fourth-order valence-electron chi connectivity index (χ4n) is 0.327. The van der Waals surface area contributed by atoms with Crippen molar-refractivity contribution in [1.29, 1.82) is 0 Å². The summed E-state index contributed by atoms with van der Waals surface area (Å²) in [5.41, 5.74) is 0. The molecule has 0 fully saturated rings. The van der Waals surface area contributed by atoms with Gasteiger partial charge in [0.1, 0.15) is 0 Å². The molecular weight excluding hydrogens is 182 g/mol. The molecule has 5 nitrogen and oxygen atoms in total. The molecule has 2 N–H and O–H groups in total. The summed E-state index contributed by atoms with van der Waals surface area (Å²) >= 11 is 0. The molecule has 0 spiro atoms. The predicted octanol–water partition coefficient (Wildman–Crippen LogP) is 1.14. The molecular formula is C6H15NO4S. The second-order valence-electron chi connectivity index (χ2n) is 2.01. The van der Waals surface area contributed by atoms with Crippen LogP contribution in [0.25, 0.3) is 0 Å². The normalized spacial score (nSPS) is 10.9. The molecule has 0 saturated heterocycles. The van der Waals surface area contributed by atoms with Crippen LogP contribution < -0.4 is 0 Å². The van der Waals surface area contributed by atoms with E-state index in [2.05, 4.69) is 5.16 Å². The van der Waals surface area contributed by atoms with Gasteiger partial charge < -0.3 is 5.21 Å². The van der Waals surface area contributed by atoms with Gasteiger partial charge in [0.05, 0.1) is 5.75 Å². The highest BCUT2D eigenvalue weighted by Crippen LogP contribution is 1.90. The molecule has 0 radical (unpaired) electrons. The summed E-state index contributed by atoms with van der Waals surface area (Å²) in [5, 5.41) is 10.1. The average Bonchev–Trinajstić information content (AvgIpc) is 2.00. The number of hydrogen-bond donors (Lipinski definition) is 2. The Morgan fingerprint density at radius 3 is 2.00 bits per heavy atom. The van der Waals surface area contributed by atoms with Crippen molar-refractivity contribution in [1.82, 2.24) is 0 Å². The van der Waals surface area contributed by atoms with Crippen LogP contribution in [0.5, 0.6) is 0 Å². The van der Waals surface area contributed by atoms with Gasteiger partial charge in [0.15, 0.2) is 0 Å². The molecule has 6 heteroatoms. The lowest BCUT2D eigenvalue weighted by Crippen LogP contribution is -2.02. The van der Waals surface area contributed by atoms with Crippen LogP contribution in [0.2, 0.25) is 0 Å². The van der Waals surface area contributed by atoms with E-state index in [1.54, 1.807) is 6.92 Å². The minimum absolute atomic E-state index is 0.108. The summed E-state index contributed by atoms with van der Waals surface area (Å²) < 4.78 is 28.0. The van der Waals surface area contributed by atoms with Crippen LogP contribution in [0, 0.1) is 0 Å². The van der Waals surface area contributed by atoms with Gasteiger partial charge in [-0.1, -0.05) is 13.3 Å². The Hall–Kier alpha value is -0.620. The highest BCUT2D eigenvalue weighted by Gasteiger charge is 2.00. The van der Waals surface area contributed by atoms with Crippen LogP contribution in [-0.2, 0) is 10.1 Å². The molecule has 0 aliphatic heterocycles. The molecule has 0 aromatic carbocycles. The first kappa shape index (κ1) is 13.9. The SMILES string of the molecule is CC=NO.CCCCS(=O)(=O)O. The van der Waals surface area contributed by atoms with Crippen molar-refractivity contribution >= 4 is 16.3 Å². The van der Waals surface area contributed by atoms with Crippen molar-refractivity contribution in [3.63, 3.8) is 0 Å². The van der Waals surface area contributed by atoms with Crippen molar-refractivity contribution < 1.29 is 18.2 Å². The molecule has 0 saturated carbocycles. The Labute approximate surface area is 72.8 Å². The maximum absolute atomic E-state index is 9.95. The van der Waals surface area contributed by atoms with Gasteiger partial charge in [-0.05, 0) is 13.3 Å². The lowest BCUT2D eigenvalue weighted by atomic mass is 10.4. The summed E-state index contributed by atoms with van der Waals surface area (Å²) in [4.78, 5) is 0. The van der Waals surface area contributed by atoms with Gasteiger partial charge in [0, 0.05) is 6.21 Å². The monoisotopic (exact) mass is 197 g/mol. The van der Waals surface area contributed by atoms with Gasteiger partial charge in [0.25, 0.3) is 10.1 Å². The molecule has 0 atom stereocenters. The third-order valence-corrected chi connectivity index (χ3v) is 1.68. The molecule has 74 valence electrons. The highest BCUT2D eigenvalue weighted by atomic mass is 32.2. The molecule has 0 aliphatic carbocycles. The predicted molar refractivity (Wildman–Crippen MR) is 47.3 cm³/mol. The maximum atomic E-state index is 9.95. The van der Waals surface area contributed by atoms with E-state index < -0.39 is 10.1 Å². The van der Waals surface area contributed by atoms with Crippen LogP contribution >= 0.6 is 0 Å². The standard InChI is InChI=1S/C4H10O3S.C2H5NO/c1-2-3-4-8(5,6)7;1-2-3-4/h2-4H2,1H3,(H,5,6,7);2,4H,1H3. The molecule has 12 heavy (non-hydrogen) atoms. The highest BCUT2D eigenvalue weighted by molar-refractivity contribution is 7.85. The lowest BCUT2D eigenvalue weighted by molar-refractivity contribution is 0.321. The zero-order valence-electron chi connectivity index (χ0n) is 7.27. The minimum Gasteiger partial charge on any atom is -0.411 e. The second-order valence-corrected chi connectivity index (χ2v) is 3.59. The number of hydrogen-bond acceptors (Lipinski definition) is 4.